The van der Waals surface area contributed by atoms with Gasteiger partial charge in [0.1, 0.15) is 0 Å². The maximum atomic E-state index is 10.5. The molecule has 0 amide bonds. The Hall–Kier alpha value is -0.120. The number of rotatable bonds is 3. The first kappa shape index (κ1) is 13.3. The van der Waals surface area contributed by atoms with Crippen LogP contribution in [0.1, 0.15) is 51.9 Å². The molecule has 0 aromatic rings. The lowest BCUT2D eigenvalue weighted by Gasteiger charge is -2.47. The summed E-state index contributed by atoms with van der Waals surface area (Å²) >= 11 is 0. The molecule has 2 unspecified atom stereocenters. The SMILES string of the molecule is COCC(C)(O)C1CCOC2(CCCCC2)C1. The van der Waals surface area contributed by atoms with Crippen LogP contribution < -0.4 is 0 Å². The fourth-order valence-electron chi connectivity index (χ4n) is 3.51. The van der Waals surface area contributed by atoms with Crippen LogP contribution in [0.5, 0.6) is 0 Å². The van der Waals surface area contributed by atoms with Crippen molar-refractivity contribution in [2.75, 3.05) is 20.3 Å². The lowest BCUT2D eigenvalue weighted by Crippen LogP contribution is -2.49. The van der Waals surface area contributed by atoms with Gasteiger partial charge in [-0.1, -0.05) is 19.3 Å². The molecule has 100 valence electrons. The number of methoxy groups -OCH3 is 1. The molecule has 1 N–H and O–H groups in total. The van der Waals surface area contributed by atoms with Crippen LogP contribution in [0, 0.1) is 5.92 Å². The maximum Gasteiger partial charge on any atom is 0.0881 e. The normalized spacial score (nSPS) is 32.3. The van der Waals surface area contributed by atoms with E-state index in [0.717, 1.165) is 19.4 Å². The van der Waals surface area contributed by atoms with Crippen molar-refractivity contribution in [1.29, 1.82) is 0 Å². The molecule has 17 heavy (non-hydrogen) atoms. The molecule has 1 heterocycles. The Labute approximate surface area is 104 Å². The molecule has 2 rings (SSSR count). The van der Waals surface area contributed by atoms with Crippen LogP contribution in [0.3, 0.4) is 0 Å². The van der Waals surface area contributed by atoms with Gasteiger partial charge in [-0.05, 0) is 38.5 Å². The van der Waals surface area contributed by atoms with Gasteiger partial charge in [0, 0.05) is 13.7 Å². The minimum atomic E-state index is -0.705. The van der Waals surface area contributed by atoms with Gasteiger partial charge in [-0.3, -0.25) is 0 Å². The van der Waals surface area contributed by atoms with E-state index in [-0.39, 0.29) is 5.60 Å². The largest absolute Gasteiger partial charge is 0.387 e. The van der Waals surface area contributed by atoms with E-state index in [0.29, 0.717) is 12.5 Å². The molecule has 0 aromatic heterocycles. The summed E-state index contributed by atoms with van der Waals surface area (Å²) in [4.78, 5) is 0. The van der Waals surface area contributed by atoms with Gasteiger partial charge in [0.05, 0.1) is 17.8 Å². The van der Waals surface area contributed by atoms with Crippen LogP contribution in [0.4, 0.5) is 0 Å². The van der Waals surface area contributed by atoms with Gasteiger partial charge >= 0.3 is 0 Å². The average molecular weight is 242 g/mol. The molecule has 3 nitrogen and oxygen atoms in total. The van der Waals surface area contributed by atoms with E-state index >= 15 is 0 Å². The summed E-state index contributed by atoms with van der Waals surface area (Å²) < 4.78 is 11.2. The van der Waals surface area contributed by atoms with Crippen LogP contribution >= 0.6 is 0 Å². The summed E-state index contributed by atoms with van der Waals surface area (Å²) in [5, 5.41) is 10.5. The fraction of sp³-hybridized carbons (Fsp3) is 1.00. The third-order valence-electron chi connectivity index (χ3n) is 4.57. The first-order valence-corrected chi connectivity index (χ1v) is 6.93. The molecule has 2 fully saturated rings. The van der Waals surface area contributed by atoms with Crippen molar-refractivity contribution in [1.82, 2.24) is 0 Å². The third kappa shape index (κ3) is 3.01. The lowest BCUT2D eigenvalue weighted by atomic mass is 9.71. The molecule has 1 saturated heterocycles. The van der Waals surface area contributed by atoms with Gasteiger partial charge < -0.3 is 14.6 Å². The molecule has 0 radical (unpaired) electrons. The van der Waals surface area contributed by atoms with Crippen molar-refractivity contribution in [2.24, 2.45) is 5.92 Å². The van der Waals surface area contributed by atoms with Crippen LogP contribution in [-0.2, 0) is 9.47 Å². The minimum absolute atomic E-state index is 0.0684. The Morgan fingerprint density at radius 3 is 2.71 bits per heavy atom. The van der Waals surface area contributed by atoms with Crippen LogP contribution in [0.15, 0.2) is 0 Å². The Morgan fingerprint density at radius 2 is 2.06 bits per heavy atom. The highest BCUT2D eigenvalue weighted by atomic mass is 16.5. The Kier molecular flexibility index (Phi) is 4.11. The second-order valence-electron chi connectivity index (χ2n) is 6.07. The van der Waals surface area contributed by atoms with E-state index in [2.05, 4.69) is 0 Å². The first-order valence-electron chi connectivity index (χ1n) is 6.93. The Balaban J connectivity index is 2.00. The van der Waals surface area contributed by atoms with Crippen molar-refractivity contribution in [2.45, 2.75) is 63.1 Å². The van der Waals surface area contributed by atoms with E-state index in [1.165, 1.54) is 32.1 Å². The van der Waals surface area contributed by atoms with Gasteiger partial charge in [-0.15, -0.1) is 0 Å². The predicted molar refractivity (Wildman–Crippen MR) is 67.0 cm³/mol. The predicted octanol–water partition coefficient (Wildman–Crippen LogP) is 2.51. The highest BCUT2D eigenvalue weighted by molar-refractivity contribution is 4.95. The molecule has 3 heteroatoms. The van der Waals surface area contributed by atoms with Crippen molar-refractivity contribution in [3.63, 3.8) is 0 Å². The van der Waals surface area contributed by atoms with Crippen molar-refractivity contribution >= 4 is 0 Å². The molecule has 1 aliphatic carbocycles. The molecule has 1 aliphatic heterocycles. The highest BCUT2D eigenvalue weighted by Crippen LogP contribution is 2.43. The van der Waals surface area contributed by atoms with E-state index < -0.39 is 5.60 Å². The molecular weight excluding hydrogens is 216 g/mol. The van der Waals surface area contributed by atoms with Gasteiger partial charge in [-0.2, -0.15) is 0 Å². The minimum Gasteiger partial charge on any atom is -0.387 e. The van der Waals surface area contributed by atoms with Gasteiger partial charge in [0.25, 0.3) is 0 Å². The fourth-order valence-corrected chi connectivity index (χ4v) is 3.51. The van der Waals surface area contributed by atoms with Crippen molar-refractivity contribution in [3.8, 4) is 0 Å². The molecule has 0 bridgehead atoms. The lowest BCUT2D eigenvalue weighted by molar-refractivity contribution is -0.162. The molecular formula is C14H26O3. The third-order valence-corrected chi connectivity index (χ3v) is 4.57. The average Bonchev–Trinajstić information content (AvgIpc) is 2.30. The van der Waals surface area contributed by atoms with Gasteiger partial charge in [0.2, 0.25) is 0 Å². The summed E-state index contributed by atoms with van der Waals surface area (Å²) in [6, 6.07) is 0. The Morgan fingerprint density at radius 1 is 1.35 bits per heavy atom. The van der Waals surface area contributed by atoms with E-state index in [9.17, 15) is 5.11 Å². The number of ether oxygens (including phenoxy) is 2. The van der Waals surface area contributed by atoms with E-state index in [4.69, 9.17) is 9.47 Å². The molecule has 1 saturated carbocycles. The Bertz CT molecular complexity index is 238. The second kappa shape index (κ2) is 5.25. The maximum absolute atomic E-state index is 10.5. The van der Waals surface area contributed by atoms with E-state index in [1.54, 1.807) is 7.11 Å². The zero-order valence-corrected chi connectivity index (χ0v) is 11.2. The highest BCUT2D eigenvalue weighted by Gasteiger charge is 2.44. The molecule has 1 spiro atoms. The summed E-state index contributed by atoms with van der Waals surface area (Å²) in [5.41, 5.74) is -0.637. The molecule has 0 aromatic carbocycles. The quantitative estimate of drug-likeness (QED) is 0.826. The first-order chi connectivity index (χ1) is 8.08. The molecule has 2 aliphatic rings. The molecule has 2 atom stereocenters. The number of hydrogen-bond donors (Lipinski definition) is 1. The number of hydrogen-bond acceptors (Lipinski definition) is 3. The van der Waals surface area contributed by atoms with Crippen LogP contribution in [-0.4, -0.2) is 36.6 Å². The summed E-state index contributed by atoms with van der Waals surface area (Å²) in [5.74, 6) is 0.314. The summed E-state index contributed by atoms with van der Waals surface area (Å²) in [6.45, 7) is 3.13. The zero-order valence-electron chi connectivity index (χ0n) is 11.2. The van der Waals surface area contributed by atoms with Crippen molar-refractivity contribution < 1.29 is 14.6 Å². The standard InChI is InChI=1S/C14H26O3/c1-13(15,11-16-2)12-6-9-17-14(10-12)7-4-3-5-8-14/h12,15H,3-11H2,1-2H3. The summed E-state index contributed by atoms with van der Waals surface area (Å²) in [7, 11) is 1.66. The van der Waals surface area contributed by atoms with Crippen LogP contribution in [0.25, 0.3) is 0 Å². The zero-order chi connectivity index (χ0) is 12.4. The van der Waals surface area contributed by atoms with Gasteiger partial charge in [0.15, 0.2) is 0 Å². The summed E-state index contributed by atoms with van der Waals surface area (Å²) in [6.07, 6.45) is 8.20. The topological polar surface area (TPSA) is 38.7 Å². The monoisotopic (exact) mass is 242 g/mol. The van der Waals surface area contributed by atoms with E-state index in [1.807, 2.05) is 6.92 Å². The van der Waals surface area contributed by atoms with Crippen molar-refractivity contribution in [3.05, 3.63) is 0 Å². The second-order valence-corrected chi connectivity index (χ2v) is 6.07. The van der Waals surface area contributed by atoms with Gasteiger partial charge in [-0.25, -0.2) is 0 Å². The smallest absolute Gasteiger partial charge is 0.0881 e. The number of aliphatic hydroxyl groups is 1. The van der Waals surface area contributed by atoms with Crippen LogP contribution in [0.2, 0.25) is 0 Å².